The zero-order chi connectivity index (χ0) is 15.0. The van der Waals surface area contributed by atoms with Crippen molar-refractivity contribution >= 4 is 17.1 Å². The SMILES string of the molecule is Cc1ccc2c(NC3CCCCC3C)c(C(N)=O)cnn12. The average molecular weight is 286 g/mol. The third-order valence-corrected chi connectivity index (χ3v) is 4.58. The summed E-state index contributed by atoms with van der Waals surface area (Å²) in [5.74, 6) is 0.165. The van der Waals surface area contributed by atoms with Crippen molar-refractivity contribution < 1.29 is 4.79 Å². The van der Waals surface area contributed by atoms with Crippen LogP contribution < -0.4 is 11.1 Å². The summed E-state index contributed by atoms with van der Waals surface area (Å²) in [6.07, 6.45) is 6.45. The molecule has 2 unspecified atom stereocenters. The quantitative estimate of drug-likeness (QED) is 0.911. The number of nitrogens with two attached hydrogens (primary N) is 1. The minimum atomic E-state index is -0.435. The molecule has 1 saturated carbocycles. The van der Waals surface area contributed by atoms with Gasteiger partial charge in [-0.25, -0.2) is 4.52 Å². The number of anilines is 1. The molecule has 1 amide bonds. The highest BCUT2D eigenvalue weighted by molar-refractivity contribution is 6.01. The highest BCUT2D eigenvalue weighted by Gasteiger charge is 2.24. The zero-order valence-corrected chi connectivity index (χ0v) is 12.6. The second-order valence-electron chi connectivity index (χ2n) is 6.08. The van der Waals surface area contributed by atoms with E-state index in [1.807, 2.05) is 23.6 Å². The van der Waals surface area contributed by atoms with Gasteiger partial charge in [0, 0.05) is 11.7 Å². The molecule has 3 rings (SSSR count). The topological polar surface area (TPSA) is 72.4 Å². The van der Waals surface area contributed by atoms with E-state index < -0.39 is 5.91 Å². The summed E-state index contributed by atoms with van der Waals surface area (Å²) < 4.78 is 1.85. The van der Waals surface area contributed by atoms with E-state index in [1.165, 1.54) is 19.3 Å². The van der Waals surface area contributed by atoms with Crippen LogP contribution in [0, 0.1) is 12.8 Å². The zero-order valence-electron chi connectivity index (χ0n) is 12.6. The Morgan fingerprint density at radius 3 is 2.86 bits per heavy atom. The Labute approximate surface area is 124 Å². The van der Waals surface area contributed by atoms with Gasteiger partial charge in [-0.1, -0.05) is 19.8 Å². The van der Waals surface area contributed by atoms with Gasteiger partial charge in [0.05, 0.1) is 23.0 Å². The second kappa shape index (κ2) is 5.39. The molecule has 21 heavy (non-hydrogen) atoms. The lowest BCUT2D eigenvalue weighted by molar-refractivity contribution is 0.100. The molecule has 5 heteroatoms. The summed E-state index contributed by atoms with van der Waals surface area (Å²) in [5.41, 5.74) is 8.78. The van der Waals surface area contributed by atoms with Gasteiger partial charge >= 0.3 is 0 Å². The fourth-order valence-electron chi connectivity index (χ4n) is 3.25. The van der Waals surface area contributed by atoms with Crippen molar-refractivity contribution in [3.63, 3.8) is 0 Å². The summed E-state index contributed by atoms with van der Waals surface area (Å²) in [6.45, 7) is 4.26. The number of nitrogens with one attached hydrogen (secondary N) is 1. The Balaban J connectivity index is 2.05. The van der Waals surface area contributed by atoms with E-state index in [1.54, 1.807) is 6.20 Å². The lowest BCUT2D eigenvalue weighted by Crippen LogP contribution is -2.31. The van der Waals surface area contributed by atoms with Gasteiger partial charge in [0.15, 0.2) is 0 Å². The first-order valence-corrected chi connectivity index (χ1v) is 7.61. The Morgan fingerprint density at radius 2 is 2.14 bits per heavy atom. The number of amides is 1. The van der Waals surface area contributed by atoms with E-state index in [9.17, 15) is 4.79 Å². The number of hydrogen-bond acceptors (Lipinski definition) is 3. The molecule has 1 aliphatic carbocycles. The molecule has 0 aromatic carbocycles. The highest BCUT2D eigenvalue weighted by Crippen LogP contribution is 2.30. The van der Waals surface area contributed by atoms with Crippen LogP contribution in [0.1, 0.15) is 48.7 Å². The molecular weight excluding hydrogens is 264 g/mol. The molecule has 112 valence electrons. The van der Waals surface area contributed by atoms with Crippen LogP contribution in [0.15, 0.2) is 18.3 Å². The third-order valence-electron chi connectivity index (χ3n) is 4.58. The van der Waals surface area contributed by atoms with E-state index in [0.717, 1.165) is 23.3 Å². The maximum absolute atomic E-state index is 11.7. The molecule has 0 bridgehead atoms. The number of aryl methyl sites for hydroxylation is 1. The van der Waals surface area contributed by atoms with Crippen LogP contribution in [0.25, 0.3) is 5.52 Å². The van der Waals surface area contributed by atoms with Crippen molar-refractivity contribution in [3.8, 4) is 0 Å². The number of primary amides is 1. The largest absolute Gasteiger partial charge is 0.380 e. The molecule has 5 nitrogen and oxygen atoms in total. The van der Waals surface area contributed by atoms with Gasteiger partial charge in [0.1, 0.15) is 0 Å². The molecule has 3 N–H and O–H groups in total. The fourth-order valence-corrected chi connectivity index (χ4v) is 3.25. The van der Waals surface area contributed by atoms with Gasteiger partial charge < -0.3 is 11.1 Å². The van der Waals surface area contributed by atoms with Crippen LogP contribution >= 0.6 is 0 Å². The van der Waals surface area contributed by atoms with Gasteiger partial charge in [-0.3, -0.25) is 4.79 Å². The monoisotopic (exact) mass is 286 g/mol. The number of carbonyl (C=O) groups is 1. The van der Waals surface area contributed by atoms with E-state index in [4.69, 9.17) is 5.73 Å². The molecule has 1 fully saturated rings. The van der Waals surface area contributed by atoms with Crippen molar-refractivity contribution in [1.29, 1.82) is 0 Å². The highest BCUT2D eigenvalue weighted by atomic mass is 16.1. The summed E-state index contributed by atoms with van der Waals surface area (Å²) in [7, 11) is 0. The normalized spacial score (nSPS) is 22.4. The molecule has 0 aliphatic heterocycles. The molecule has 2 heterocycles. The maximum atomic E-state index is 11.7. The molecule has 2 atom stereocenters. The molecule has 0 radical (unpaired) electrons. The summed E-state index contributed by atoms with van der Waals surface area (Å²) in [4.78, 5) is 11.7. The van der Waals surface area contributed by atoms with Crippen LogP contribution in [-0.2, 0) is 0 Å². The molecule has 1 aliphatic rings. The molecular formula is C16H22N4O. The fraction of sp³-hybridized carbons (Fsp3) is 0.500. The Kier molecular flexibility index (Phi) is 3.57. The van der Waals surface area contributed by atoms with E-state index in [0.29, 0.717) is 17.5 Å². The van der Waals surface area contributed by atoms with Gasteiger partial charge in [0.25, 0.3) is 5.91 Å². The number of carbonyl (C=O) groups excluding carboxylic acids is 1. The first kappa shape index (κ1) is 13.9. The van der Waals surface area contributed by atoms with Gasteiger partial charge in [-0.05, 0) is 37.8 Å². The summed E-state index contributed by atoms with van der Waals surface area (Å²) in [5, 5.41) is 7.89. The number of aromatic nitrogens is 2. The minimum Gasteiger partial charge on any atom is -0.380 e. The van der Waals surface area contributed by atoms with Crippen molar-refractivity contribution in [1.82, 2.24) is 9.61 Å². The van der Waals surface area contributed by atoms with E-state index in [2.05, 4.69) is 17.3 Å². The van der Waals surface area contributed by atoms with Gasteiger partial charge in [-0.2, -0.15) is 5.10 Å². The minimum absolute atomic E-state index is 0.387. The number of fused-ring (bicyclic) bond motifs is 1. The predicted octanol–water partition coefficient (Wildman–Crippen LogP) is 2.73. The van der Waals surface area contributed by atoms with Crippen LogP contribution in [0.4, 0.5) is 5.69 Å². The number of nitrogens with zero attached hydrogens (tertiary/aromatic N) is 2. The molecule has 0 saturated heterocycles. The average Bonchev–Trinajstić information content (AvgIpc) is 2.83. The summed E-state index contributed by atoms with van der Waals surface area (Å²) >= 11 is 0. The number of rotatable bonds is 3. The van der Waals surface area contributed by atoms with Crippen LogP contribution in [0.5, 0.6) is 0 Å². The van der Waals surface area contributed by atoms with E-state index >= 15 is 0 Å². The van der Waals surface area contributed by atoms with Gasteiger partial charge in [0.2, 0.25) is 0 Å². The van der Waals surface area contributed by atoms with Crippen LogP contribution in [-0.4, -0.2) is 21.6 Å². The Hall–Kier alpha value is -2.04. The van der Waals surface area contributed by atoms with Crippen molar-refractivity contribution in [2.24, 2.45) is 11.7 Å². The lowest BCUT2D eigenvalue weighted by Gasteiger charge is -2.31. The smallest absolute Gasteiger partial charge is 0.252 e. The van der Waals surface area contributed by atoms with Gasteiger partial charge in [-0.15, -0.1) is 0 Å². The summed E-state index contributed by atoms with van der Waals surface area (Å²) in [6, 6.07) is 4.38. The third kappa shape index (κ3) is 2.48. The predicted molar refractivity (Wildman–Crippen MR) is 83.5 cm³/mol. The molecule has 2 aromatic rings. The number of hydrogen-bond donors (Lipinski definition) is 2. The lowest BCUT2D eigenvalue weighted by atomic mass is 9.85. The maximum Gasteiger partial charge on any atom is 0.252 e. The first-order chi connectivity index (χ1) is 10.1. The Morgan fingerprint density at radius 1 is 1.38 bits per heavy atom. The molecule has 2 aromatic heterocycles. The van der Waals surface area contributed by atoms with Crippen LogP contribution in [0.2, 0.25) is 0 Å². The van der Waals surface area contributed by atoms with Crippen molar-refractivity contribution in [2.75, 3.05) is 5.32 Å². The molecule has 0 spiro atoms. The van der Waals surface area contributed by atoms with Crippen molar-refractivity contribution in [3.05, 3.63) is 29.6 Å². The standard InChI is InChI=1S/C16H22N4O/c1-10-5-3-4-6-13(10)19-15-12(16(17)21)9-18-20-11(2)7-8-14(15)20/h7-10,13,19H,3-6H2,1-2H3,(H2,17,21). The van der Waals surface area contributed by atoms with Crippen molar-refractivity contribution in [2.45, 2.75) is 45.6 Å². The van der Waals surface area contributed by atoms with Crippen LogP contribution in [0.3, 0.4) is 0 Å². The second-order valence-corrected chi connectivity index (χ2v) is 6.08. The van der Waals surface area contributed by atoms with E-state index in [-0.39, 0.29) is 0 Å². The first-order valence-electron chi connectivity index (χ1n) is 7.61. The Bertz CT molecular complexity index is 676.